The van der Waals surface area contributed by atoms with Crippen molar-refractivity contribution in [1.29, 1.82) is 0 Å². The number of carboxylic acid groups (broad SMARTS) is 3. The van der Waals surface area contributed by atoms with Crippen LogP contribution in [0.2, 0.25) is 0 Å². The van der Waals surface area contributed by atoms with E-state index in [1.165, 1.54) is 5.48 Å². The number of carbonyl (C=O) groups excluding carboxylic acids is 1. The number of hydrogen-bond donors (Lipinski definition) is 4. The van der Waals surface area contributed by atoms with Gasteiger partial charge in [0.15, 0.2) is 0 Å². The number of rotatable bonds is 8. The SMILES string of the molecule is O=CNOC(CC(=O)O)(CC(=O)O)C(=O)O. The molecule has 0 radical (unpaired) electrons. The number of carbonyl (C=O) groups is 4. The number of aliphatic carboxylic acids is 3. The van der Waals surface area contributed by atoms with Crippen molar-refractivity contribution in [3.63, 3.8) is 0 Å². The molecule has 0 unspecified atom stereocenters. The first-order valence-electron chi connectivity index (χ1n) is 3.88. The summed E-state index contributed by atoms with van der Waals surface area (Å²) in [6.45, 7) is 0. The number of amides is 1. The first-order chi connectivity index (χ1) is 7.34. The lowest BCUT2D eigenvalue weighted by Crippen LogP contribution is -2.48. The molecule has 0 fully saturated rings. The van der Waals surface area contributed by atoms with Gasteiger partial charge in [-0.25, -0.2) is 10.3 Å². The maximum Gasteiger partial charge on any atom is 0.339 e. The van der Waals surface area contributed by atoms with Crippen molar-refractivity contribution in [2.75, 3.05) is 0 Å². The van der Waals surface area contributed by atoms with Gasteiger partial charge >= 0.3 is 17.9 Å². The Hall–Kier alpha value is -2.16. The van der Waals surface area contributed by atoms with Gasteiger partial charge in [0.2, 0.25) is 12.0 Å². The smallest absolute Gasteiger partial charge is 0.339 e. The molecule has 0 aliphatic carbocycles. The predicted molar refractivity (Wildman–Crippen MR) is 45.2 cm³/mol. The lowest BCUT2D eigenvalue weighted by molar-refractivity contribution is -0.189. The molecular weight excluding hydrogens is 226 g/mol. The summed E-state index contributed by atoms with van der Waals surface area (Å²) in [6, 6.07) is 0. The molecular formula is C7H9NO8. The van der Waals surface area contributed by atoms with E-state index in [-0.39, 0.29) is 6.41 Å². The molecule has 0 aliphatic heterocycles. The van der Waals surface area contributed by atoms with Crippen LogP contribution in [0.15, 0.2) is 0 Å². The normalized spacial score (nSPS) is 10.5. The van der Waals surface area contributed by atoms with Gasteiger partial charge in [0.25, 0.3) is 0 Å². The van der Waals surface area contributed by atoms with E-state index in [9.17, 15) is 19.2 Å². The van der Waals surface area contributed by atoms with E-state index in [2.05, 4.69) is 4.84 Å². The van der Waals surface area contributed by atoms with Gasteiger partial charge in [-0.05, 0) is 0 Å². The standard InChI is InChI=1S/C7H9NO8/c9-3-8-16-7(6(14)15,1-4(10)11)2-5(12)13/h3H,1-2H2,(H,8,9)(H,10,11)(H,12,13)(H,14,15). The molecule has 0 aromatic carbocycles. The molecule has 4 N–H and O–H groups in total. The van der Waals surface area contributed by atoms with Crippen molar-refractivity contribution in [1.82, 2.24) is 5.48 Å². The van der Waals surface area contributed by atoms with Gasteiger partial charge in [-0.15, -0.1) is 0 Å². The van der Waals surface area contributed by atoms with Gasteiger partial charge in [-0.3, -0.25) is 19.2 Å². The molecule has 9 heteroatoms. The predicted octanol–water partition coefficient (Wildman–Crippen LogP) is -1.56. The monoisotopic (exact) mass is 235 g/mol. The first kappa shape index (κ1) is 13.8. The van der Waals surface area contributed by atoms with E-state index in [1.807, 2.05) is 0 Å². The Morgan fingerprint density at radius 2 is 1.56 bits per heavy atom. The zero-order valence-electron chi connectivity index (χ0n) is 7.87. The highest BCUT2D eigenvalue weighted by Crippen LogP contribution is 2.20. The average Bonchev–Trinajstić information content (AvgIpc) is 2.11. The van der Waals surface area contributed by atoms with Crippen molar-refractivity contribution in [3.05, 3.63) is 0 Å². The van der Waals surface area contributed by atoms with Crippen molar-refractivity contribution < 1.29 is 39.3 Å². The number of hydrogen-bond acceptors (Lipinski definition) is 5. The minimum atomic E-state index is -2.53. The number of hydroxylamine groups is 1. The molecule has 0 aromatic rings. The van der Waals surface area contributed by atoms with Crippen LogP contribution in [0.4, 0.5) is 0 Å². The Bertz CT molecular complexity index is 296. The van der Waals surface area contributed by atoms with Crippen LogP contribution in [0, 0.1) is 0 Å². The van der Waals surface area contributed by atoms with Crippen LogP contribution in [-0.4, -0.2) is 45.2 Å². The van der Waals surface area contributed by atoms with Crippen LogP contribution in [0.5, 0.6) is 0 Å². The number of nitrogens with one attached hydrogen (secondary N) is 1. The van der Waals surface area contributed by atoms with Crippen molar-refractivity contribution in [3.8, 4) is 0 Å². The van der Waals surface area contributed by atoms with Crippen LogP contribution in [0.1, 0.15) is 12.8 Å². The molecule has 0 saturated carbocycles. The largest absolute Gasteiger partial charge is 0.481 e. The molecule has 0 heterocycles. The topological polar surface area (TPSA) is 150 Å². The van der Waals surface area contributed by atoms with E-state index in [1.54, 1.807) is 0 Å². The fraction of sp³-hybridized carbons (Fsp3) is 0.429. The second-order valence-corrected chi connectivity index (χ2v) is 2.78. The molecule has 90 valence electrons. The summed E-state index contributed by atoms with van der Waals surface area (Å²) >= 11 is 0. The van der Waals surface area contributed by atoms with Gasteiger partial charge < -0.3 is 15.3 Å². The molecule has 0 rings (SSSR count). The molecule has 16 heavy (non-hydrogen) atoms. The van der Waals surface area contributed by atoms with Gasteiger partial charge in [0.1, 0.15) is 0 Å². The van der Waals surface area contributed by atoms with Gasteiger partial charge in [0, 0.05) is 0 Å². The highest BCUT2D eigenvalue weighted by Gasteiger charge is 2.45. The fourth-order valence-electron chi connectivity index (χ4n) is 0.955. The van der Waals surface area contributed by atoms with Crippen LogP contribution in [0.25, 0.3) is 0 Å². The van der Waals surface area contributed by atoms with E-state index < -0.39 is 36.4 Å². The third-order valence-corrected chi connectivity index (χ3v) is 1.57. The maximum atomic E-state index is 10.8. The minimum absolute atomic E-state index is 0.0403. The van der Waals surface area contributed by atoms with E-state index >= 15 is 0 Å². The Labute approximate surface area is 88.6 Å². The van der Waals surface area contributed by atoms with Gasteiger partial charge in [0.05, 0.1) is 12.8 Å². The minimum Gasteiger partial charge on any atom is -0.481 e. The Kier molecular flexibility index (Phi) is 4.89. The third-order valence-electron chi connectivity index (χ3n) is 1.57. The Balaban J connectivity index is 5.02. The molecule has 0 aromatic heterocycles. The van der Waals surface area contributed by atoms with Crippen molar-refractivity contribution in [2.24, 2.45) is 0 Å². The summed E-state index contributed by atoms with van der Waals surface area (Å²) in [5.41, 5.74) is -1.04. The zero-order chi connectivity index (χ0) is 12.8. The lowest BCUT2D eigenvalue weighted by atomic mass is 9.96. The zero-order valence-corrected chi connectivity index (χ0v) is 7.87. The van der Waals surface area contributed by atoms with Crippen molar-refractivity contribution in [2.45, 2.75) is 18.4 Å². The average molecular weight is 235 g/mol. The summed E-state index contributed by atoms with van der Waals surface area (Å²) < 4.78 is 0. The second kappa shape index (κ2) is 5.66. The second-order valence-electron chi connectivity index (χ2n) is 2.78. The van der Waals surface area contributed by atoms with Crippen LogP contribution in [-0.2, 0) is 24.0 Å². The van der Waals surface area contributed by atoms with Crippen molar-refractivity contribution >= 4 is 24.3 Å². The van der Waals surface area contributed by atoms with Crippen LogP contribution in [0.3, 0.4) is 0 Å². The number of carboxylic acids is 3. The summed E-state index contributed by atoms with van der Waals surface area (Å²) in [7, 11) is 0. The van der Waals surface area contributed by atoms with Gasteiger partial charge in [-0.1, -0.05) is 0 Å². The summed E-state index contributed by atoms with van der Waals surface area (Å²) in [5.74, 6) is -4.95. The Morgan fingerprint density at radius 3 is 1.81 bits per heavy atom. The van der Waals surface area contributed by atoms with Crippen LogP contribution >= 0.6 is 0 Å². The van der Waals surface area contributed by atoms with E-state index in [0.29, 0.717) is 0 Å². The van der Waals surface area contributed by atoms with E-state index in [4.69, 9.17) is 15.3 Å². The molecule has 0 atom stereocenters. The highest BCUT2D eigenvalue weighted by atomic mass is 16.7. The highest BCUT2D eigenvalue weighted by molar-refractivity contribution is 5.88. The molecule has 9 nitrogen and oxygen atoms in total. The molecule has 0 saturated heterocycles. The molecule has 0 aliphatic rings. The molecule has 0 spiro atoms. The summed E-state index contributed by atoms with van der Waals surface area (Å²) in [5, 5.41) is 25.7. The van der Waals surface area contributed by atoms with Gasteiger partial charge in [-0.2, -0.15) is 0 Å². The van der Waals surface area contributed by atoms with E-state index in [0.717, 1.165) is 0 Å². The lowest BCUT2D eigenvalue weighted by Gasteiger charge is -2.24. The molecule has 0 bridgehead atoms. The quantitative estimate of drug-likeness (QED) is 0.291. The summed E-state index contributed by atoms with van der Waals surface area (Å²) in [6.07, 6.45) is -2.24. The molecule has 1 amide bonds. The fourth-order valence-corrected chi connectivity index (χ4v) is 0.955. The Morgan fingerprint density at radius 1 is 1.12 bits per heavy atom. The maximum absolute atomic E-state index is 10.8. The summed E-state index contributed by atoms with van der Waals surface area (Å²) in [4.78, 5) is 45.8. The van der Waals surface area contributed by atoms with Crippen LogP contribution < -0.4 is 5.48 Å². The third kappa shape index (κ3) is 3.92. The first-order valence-corrected chi connectivity index (χ1v) is 3.88.